The van der Waals surface area contributed by atoms with Gasteiger partial charge in [0.25, 0.3) is 0 Å². The van der Waals surface area contributed by atoms with Crippen LogP contribution in [0.25, 0.3) is 0 Å². The summed E-state index contributed by atoms with van der Waals surface area (Å²) in [5, 5.41) is 0. The lowest BCUT2D eigenvalue weighted by molar-refractivity contribution is -0.130. The minimum absolute atomic E-state index is 0.350. The lowest BCUT2D eigenvalue weighted by Gasteiger charge is -2.23. The van der Waals surface area contributed by atoms with Crippen molar-refractivity contribution in [2.75, 3.05) is 24.6 Å². The first-order valence-electron chi connectivity index (χ1n) is 6.41. The van der Waals surface area contributed by atoms with Crippen molar-refractivity contribution in [3.8, 4) is 0 Å². The van der Waals surface area contributed by atoms with Crippen molar-refractivity contribution in [2.24, 2.45) is 5.41 Å². The molecular weight excluding hydrogens is 218 g/mol. The fourth-order valence-electron chi connectivity index (χ4n) is 2.03. The van der Waals surface area contributed by atoms with E-state index >= 15 is 0 Å². The monoisotopic (exact) mass is 243 g/mol. The van der Waals surface area contributed by atoms with Gasteiger partial charge in [-0.3, -0.25) is 4.79 Å². The molecule has 2 nitrogen and oxygen atoms in total. The van der Waals surface area contributed by atoms with Crippen LogP contribution in [-0.2, 0) is 4.79 Å². The van der Waals surface area contributed by atoms with Crippen LogP contribution in [-0.4, -0.2) is 35.4 Å². The van der Waals surface area contributed by atoms with Crippen molar-refractivity contribution in [3.05, 3.63) is 0 Å². The van der Waals surface area contributed by atoms with E-state index < -0.39 is 0 Å². The molecule has 0 atom stereocenters. The van der Waals surface area contributed by atoms with Gasteiger partial charge in [0.15, 0.2) is 0 Å². The quantitative estimate of drug-likeness (QED) is 0.691. The number of thioether (sulfide) groups is 1. The Kier molecular flexibility index (Phi) is 5.67. The highest BCUT2D eigenvalue weighted by molar-refractivity contribution is 7.99. The van der Waals surface area contributed by atoms with Crippen LogP contribution in [0.2, 0.25) is 0 Å². The number of amides is 1. The molecule has 0 aromatic heterocycles. The van der Waals surface area contributed by atoms with Crippen LogP contribution in [0, 0.1) is 5.41 Å². The Labute approximate surface area is 104 Å². The number of nitrogens with zero attached hydrogens (tertiary/aromatic N) is 1. The van der Waals surface area contributed by atoms with Crippen LogP contribution in [0.5, 0.6) is 0 Å². The first kappa shape index (κ1) is 13.9. The third kappa shape index (κ3) is 4.77. The first-order valence-corrected chi connectivity index (χ1v) is 7.56. The lowest BCUT2D eigenvalue weighted by atomic mass is 9.85. The predicted molar refractivity (Wildman–Crippen MR) is 71.8 cm³/mol. The van der Waals surface area contributed by atoms with Crippen molar-refractivity contribution < 1.29 is 4.79 Å². The molecule has 1 amide bonds. The van der Waals surface area contributed by atoms with E-state index in [1.807, 2.05) is 11.8 Å². The normalized spacial score (nSPS) is 20.9. The van der Waals surface area contributed by atoms with Gasteiger partial charge in [-0.05, 0) is 36.2 Å². The molecule has 0 unspecified atom stereocenters. The summed E-state index contributed by atoms with van der Waals surface area (Å²) in [5.74, 6) is 2.73. The van der Waals surface area contributed by atoms with Gasteiger partial charge in [0, 0.05) is 19.5 Å². The molecule has 1 aliphatic heterocycles. The highest BCUT2D eigenvalue weighted by Crippen LogP contribution is 2.30. The highest BCUT2D eigenvalue weighted by atomic mass is 32.2. The van der Waals surface area contributed by atoms with Crippen LogP contribution < -0.4 is 0 Å². The summed E-state index contributed by atoms with van der Waals surface area (Å²) >= 11 is 1.96. The van der Waals surface area contributed by atoms with E-state index in [1.165, 1.54) is 11.5 Å². The topological polar surface area (TPSA) is 20.3 Å². The Balaban J connectivity index is 2.32. The van der Waals surface area contributed by atoms with Gasteiger partial charge in [-0.15, -0.1) is 0 Å². The van der Waals surface area contributed by atoms with Gasteiger partial charge in [-0.1, -0.05) is 20.8 Å². The zero-order valence-electron chi connectivity index (χ0n) is 10.9. The largest absolute Gasteiger partial charge is 0.343 e. The van der Waals surface area contributed by atoms with Gasteiger partial charge in [0.2, 0.25) is 5.91 Å². The molecule has 0 spiro atoms. The Morgan fingerprint density at radius 2 is 2.12 bits per heavy atom. The summed E-state index contributed by atoms with van der Waals surface area (Å²) in [6.07, 6.45) is 4.09. The van der Waals surface area contributed by atoms with Gasteiger partial charge < -0.3 is 4.90 Å². The number of rotatable bonds is 5. The molecule has 0 radical (unpaired) electrons. The summed E-state index contributed by atoms with van der Waals surface area (Å²) in [7, 11) is 0. The summed E-state index contributed by atoms with van der Waals surface area (Å²) in [4.78, 5) is 14.0. The van der Waals surface area contributed by atoms with E-state index in [1.54, 1.807) is 0 Å². The molecular formula is C13H25NOS. The summed E-state index contributed by atoms with van der Waals surface area (Å²) in [6.45, 7) is 8.66. The third-order valence-corrected chi connectivity index (χ3v) is 4.33. The number of hydrogen-bond acceptors (Lipinski definition) is 2. The molecule has 0 N–H and O–H groups in total. The molecule has 0 aromatic carbocycles. The summed E-state index contributed by atoms with van der Waals surface area (Å²) in [6, 6.07) is 0. The van der Waals surface area contributed by atoms with Crippen molar-refractivity contribution in [2.45, 2.75) is 46.5 Å². The molecule has 94 valence electrons. The molecule has 0 aliphatic carbocycles. The van der Waals surface area contributed by atoms with E-state index in [0.717, 1.165) is 38.8 Å². The molecule has 0 aromatic rings. The third-order valence-electron chi connectivity index (χ3n) is 3.35. The van der Waals surface area contributed by atoms with E-state index in [4.69, 9.17) is 0 Å². The van der Waals surface area contributed by atoms with E-state index in [-0.39, 0.29) is 0 Å². The second-order valence-corrected chi connectivity index (χ2v) is 6.74. The zero-order chi connectivity index (χ0) is 12.0. The lowest BCUT2D eigenvalue weighted by Crippen LogP contribution is -2.31. The minimum atomic E-state index is 0.350. The molecule has 1 rings (SSSR count). The number of carbonyl (C=O) groups is 1. The van der Waals surface area contributed by atoms with Gasteiger partial charge in [0.05, 0.1) is 0 Å². The second-order valence-electron chi connectivity index (χ2n) is 5.35. The minimum Gasteiger partial charge on any atom is -0.343 e. The molecule has 1 aliphatic rings. The molecule has 0 saturated carbocycles. The van der Waals surface area contributed by atoms with Crippen molar-refractivity contribution in [1.29, 1.82) is 0 Å². The standard InChI is InChI=1S/C13H25NOS/c1-4-16-11-5-9-14-10-8-13(2,3)7-6-12(14)15/h4-11H2,1-3H3. The van der Waals surface area contributed by atoms with Crippen LogP contribution in [0.1, 0.15) is 46.5 Å². The van der Waals surface area contributed by atoms with E-state index in [0.29, 0.717) is 11.3 Å². The molecule has 1 saturated heterocycles. The van der Waals surface area contributed by atoms with E-state index in [9.17, 15) is 4.79 Å². The highest BCUT2D eigenvalue weighted by Gasteiger charge is 2.26. The van der Waals surface area contributed by atoms with Crippen molar-refractivity contribution >= 4 is 17.7 Å². The van der Waals surface area contributed by atoms with Gasteiger partial charge >= 0.3 is 0 Å². The molecule has 16 heavy (non-hydrogen) atoms. The number of likely N-dealkylation sites (tertiary alicyclic amines) is 1. The molecule has 1 fully saturated rings. The van der Waals surface area contributed by atoms with E-state index in [2.05, 4.69) is 25.7 Å². The first-order chi connectivity index (χ1) is 7.55. The van der Waals surface area contributed by atoms with Crippen LogP contribution >= 0.6 is 11.8 Å². The summed E-state index contributed by atoms with van der Waals surface area (Å²) in [5.41, 5.74) is 0.350. The fourth-order valence-corrected chi connectivity index (χ4v) is 2.65. The molecule has 1 heterocycles. The summed E-state index contributed by atoms with van der Waals surface area (Å²) < 4.78 is 0. The molecule has 3 heteroatoms. The van der Waals surface area contributed by atoms with Gasteiger partial charge in [-0.25, -0.2) is 0 Å². The Morgan fingerprint density at radius 1 is 1.38 bits per heavy atom. The zero-order valence-corrected chi connectivity index (χ0v) is 11.7. The SMILES string of the molecule is CCSCCCN1CCC(C)(C)CCC1=O. The Hall–Kier alpha value is -0.180. The van der Waals surface area contributed by atoms with Crippen LogP contribution in [0.3, 0.4) is 0 Å². The van der Waals surface area contributed by atoms with Gasteiger partial charge in [0.1, 0.15) is 0 Å². The fraction of sp³-hybridized carbons (Fsp3) is 0.923. The maximum absolute atomic E-state index is 11.9. The number of hydrogen-bond donors (Lipinski definition) is 0. The van der Waals surface area contributed by atoms with Crippen molar-refractivity contribution in [1.82, 2.24) is 4.90 Å². The van der Waals surface area contributed by atoms with Crippen LogP contribution in [0.4, 0.5) is 0 Å². The van der Waals surface area contributed by atoms with Crippen LogP contribution in [0.15, 0.2) is 0 Å². The average Bonchev–Trinajstić information content (AvgIpc) is 2.36. The van der Waals surface area contributed by atoms with Crippen molar-refractivity contribution in [3.63, 3.8) is 0 Å². The molecule has 0 bridgehead atoms. The second kappa shape index (κ2) is 6.53. The number of carbonyl (C=O) groups excluding carboxylic acids is 1. The Morgan fingerprint density at radius 3 is 2.81 bits per heavy atom. The Bertz CT molecular complexity index is 228. The maximum atomic E-state index is 11.9. The predicted octanol–water partition coefficient (Wildman–Crippen LogP) is 3.17. The maximum Gasteiger partial charge on any atom is 0.222 e. The van der Waals surface area contributed by atoms with Gasteiger partial charge in [-0.2, -0.15) is 11.8 Å². The smallest absolute Gasteiger partial charge is 0.222 e. The average molecular weight is 243 g/mol.